The quantitative estimate of drug-likeness (QED) is 0.923. The molecular weight excluding hydrogens is 284 g/mol. The fourth-order valence-electron chi connectivity index (χ4n) is 2.33. The van der Waals surface area contributed by atoms with Gasteiger partial charge in [-0.25, -0.2) is 12.7 Å². The van der Waals surface area contributed by atoms with E-state index >= 15 is 0 Å². The zero-order chi connectivity index (χ0) is 13.9. The van der Waals surface area contributed by atoms with Gasteiger partial charge in [0.15, 0.2) is 0 Å². The molecule has 1 aromatic rings. The lowest BCUT2D eigenvalue weighted by atomic mass is 10.1. The first-order chi connectivity index (χ1) is 9.03. The molecule has 1 fully saturated rings. The number of rotatable bonds is 4. The van der Waals surface area contributed by atoms with Crippen LogP contribution in [0.4, 0.5) is 0 Å². The van der Waals surface area contributed by atoms with Crippen molar-refractivity contribution in [3.05, 3.63) is 34.9 Å². The lowest BCUT2D eigenvalue weighted by Crippen LogP contribution is -2.47. The maximum absolute atomic E-state index is 12.4. The zero-order valence-electron chi connectivity index (χ0n) is 11.0. The average molecular weight is 303 g/mol. The largest absolute Gasteiger partial charge is 0.316 e. The molecule has 0 aromatic heterocycles. The van der Waals surface area contributed by atoms with Crippen molar-refractivity contribution in [2.45, 2.75) is 24.6 Å². The van der Waals surface area contributed by atoms with E-state index in [1.807, 2.05) is 13.1 Å². The highest BCUT2D eigenvalue weighted by molar-refractivity contribution is 7.88. The van der Waals surface area contributed by atoms with Gasteiger partial charge < -0.3 is 5.32 Å². The van der Waals surface area contributed by atoms with Crippen LogP contribution in [0.1, 0.15) is 18.4 Å². The number of nitrogens with one attached hydrogen (secondary N) is 1. The minimum absolute atomic E-state index is 0.0247. The van der Waals surface area contributed by atoms with Crippen LogP contribution in [0.15, 0.2) is 24.3 Å². The Kier molecular flexibility index (Phi) is 4.84. The molecule has 2 rings (SSSR count). The fourth-order valence-corrected chi connectivity index (χ4v) is 4.26. The number of likely N-dealkylation sites (N-methyl/N-ethyl adjacent to an activating group) is 1. The van der Waals surface area contributed by atoms with Gasteiger partial charge in [-0.15, -0.1) is 0 Å². The van der Waals surface area contributed by atoms with Gasteiger partial charge in [0.05, 0.1) is 5.75 Å². The number of hydrogen-bond acceptors (Lipinski definition) is 3. The van der Waals surface area contributed by atoms with Crippen molar-refractivity contribution < 1.29 is 8.42 Å². The molecule has 1 heterocycles. The minimum Gasteiger partial charge on any atom is -0.316 e. The summed E-state index contributed by atoms with van der Waals surface area (Å²) in [6, 6.07) is 7.34. The molecule has 0 saturated carbocycles. The third kappa shape index (κ3) is 3.69. The first-order valence-electron chi connectivity index (χ1n) is 6.41. The van der Waals surface area contributed by atoms with Crippen molar-refractivity contribution in [2.75, 3.05) is 20.1 Å². The Hall–Kier alpha value is -0.620. The molecule has 6 heteroatoms. The second-order valence-corrected chi connectivity index (χ2v) is 7.21. The highest BCUT2D eigenvalue weighted by Gasteiger charge is 2.28. The monoisotopic (exact) mass is 302 g/mol. The van der Waals surface area contributed by atoms with Gasteiger partial charge >= 0.3 is 0 Å². The zero-order valence-corrected chi connectivity index (χ0v) is 12.5. The predicted molar refractivity (Wildman–Crippen MR) is 77.7 cm³/mol. The first-order valence-corrected chi connectivity index (χ1v) is 8.40. The molecule has 1 unspecified atom stereocenters. The highest BCUT2D eigenvalue weighted by atomic mass is 35.5. The summed E-state index contributed by atoms with van der Waals surface area (Å²) in [4.78, 5) is 0. The second-order valence-electron chi connectivity index (χ2n) is 4.83. The van der Waals surface area contributed by atoms with Crippen LogP contribution in [-0.4, -0.2) is 38.9 Å². The summed E-state index contributed by atoms with van der Waals surface area (Å²) in [5, 5.41) is 3.66. The molecule has 0 aliphatic carbocycles. The van der Waals surface area contributed by atoms with Crippen molar-refractivity contribution in [2.24, 2.45) is 0 Å². The van der Waals surface area contributed by atoms with Crippen LogP contribution < -0.4 is 5.32 Å². The van der Waals surface area contributed by atoms with Gasteiger partial charge in [0, 0.05) is 24.2 Å². The Bertz CT molecular complexity index is 533. The topological polar surface area (TPSA) is 49.4 Å². The van der Waals surface area contributed by atoms with E-state index in [0.717, 1.165) is 12.8 Å². The van der Waals surface area contributed by atoms with Crippen molar-refractivity contribution in [3.63, 3.8) is 0 Å². The van der Waals surface area contributed by atoms with Crippen molar-refractivity contribution in [1.82, 2.24) is 9.62 Å². The lowest BCUT2D eigenvalue weighted by molar-refractivity contribution is 0.292. The van der Waals surface area contributed by atoms with Crippen LogP contribution in [0.2, 0.25) is 5.02 Å². The molecule has 1 atom stereocenters. The van der Waals surface area contributed by atoms with E-state index in [2.05, 4.69) is 5.32 Å². The molecule has 19 heavy (non-hydrogen) atoms. The van der Waals surface area contributed by atoms with E-state index in [9.17, 15) is 8.42 Å². The van der Waals surface area contributed by atoms with E-state index in [4.69, 9.17) is 11.6 Å². The predicted octanol–water partition coefficient (Wildman–Crippen LogP) is 1.85. The van der Waals surface area contributed by atoms with Crippen LogP contribution in [0.5, 0.6) is 0 Å². The van der Waals surface area contributed by atoms with Gasteiger partial charge in [-0.1, -0.05) is 29.8 Å². The number of benzene rings is 1. The SMILES string of the molecule is CNC1CCCN(S(=O)(=O)Cc2ccccc2Cl)C1. The fraction of sp³-hybridized carbons (Fsp3) is 0.538. The van der Waals surface area contributed by atoms with Crippen LogP contribution in [-0.2, 0) is 15.8 Å². The maximum atomic E-state index is 12.4. The van der Waals surface area contributed by atoms with Crippen LogP contribution in [0, 0.1) is 0 Å². The van der Waals surface area contributed by atoms with Gasteiger partial charge in [-0.05, 0) is 31.5 Å². The summed E-state index contributed by atoms with van der Waals surface area (Å²) >= 11 is 6.03. The van der Waals surface area contributed by atoms with Gasteiger partial charge in [0.25, 0.3) is 0 Å². The standard InChI is InChI=1S/C13H19ClN2O2S/c1-15-12-6-4-8-16(9-12)19(17,18)10-11-5-2-3-7-13(11)14/h2-3,5,7,12,15H,4,6,8-10H2,1H3. The number of piperidine rings is 1. The highest BCUT2D eigenvalue weighted by Crippen LogP contribution is 2.21. The molecule has 4 nitrogen and oxygen atoms in total. The van der Waals surface area contributed by atoms with Gasteiger partial charge in [-0.3, -0.25) is 0 Å². The molecule has 0 amide bonds. The number of hydrogen-bond donors (Lipinski definition) is 1. The van der Waals surface area contributed by atoms with Gasteiger partial charge in [0.2, 0.25) is 10.0 Å². The molecule has 1 N–H and O–H groups in total. The van der Waals surface area contributed by atoms with Crippen LogP contribution >= 0.6 is 11.6 Å². The van der Waals surface area contributed by atoms with E-state index in [1.54, 1.807) is 22.5 Å². The summed E-state index contributed by atoms with van der Waals surface area (Å²) in [7, 11) is -1.42. The Morgan fingerprint density at radius 3 is 2.84 bits per heavy atom. The second kappa shape index (κ2) is 6.22. The number of sulfonamides is 1. The molecule has 0 radical (unpaired) electrons. The van der Waals surface area contributed by atoms with E-state index in [0.29, 0.717) is 23.7 Å². The first kappa shape index (κ1) is 14.8. The Labute approximate surface area is 119 Å². The molecule has 1 aliphatic heterocycles. The summed E-state index contributed by atoms with van der Waals surface area (Å²) in [6.07, 6.45) is 1.92. The van der Waals surface area contributed by atoms with Gasteiger partial charge in [0.1, 0.15) is 0 Å². The van der Waals surface area contributed by atoms with E-state index in [1.165, 1.54) is 0 Å². The summed E-state index contributed by atoms with van der Waals surface area (Å²) in [6.45, 7) is 1.15. The average Bonchev–Trinajstić information content (AvgIpc) is 2.41. The Morgan fingerprint density at radius 1 is 1.42 bits per heavy atom. The van der Waals surface area contributed by atoms with E-state index < -0.39 is 10.0 Å². The number of nitrogens with zero attached hydrogens (tertiary/aromatic N) is 1. The Balaban J connectivity index is 2.12. The van der Waals surface area contributed by atoms with Crippen LogP contribution in [0.3, 0.4) is 0 Å². The molecule has 1 aromatic carbocycles. The molecule has 0 bridgehead atoms. The third-order valence-electron chi connectivity index (χ3n) is 3.48. The molecule has 0 spiro atoms. The van der Waals surface area contributed by atoms with Gasteiger partial charge in [-0.2, -0.15) is 0 Å². The molecule has 1 aliphatic rings. The lowest BCUT2D eigenvalue weighted by Gasteiger charge is -2.31. The third-order valence-corrected chi connectivity index (χ3v) is 5.64. The van der Waals surface area contributed by atoms with Crippen molar-refractivity contribution in [1.29, 1.82) is 0 Å². The summed E-state index contributed by atoms with van der Waals surface area (Å²) in [5.41, 5.74) is 0.663. The number of halogens is 1. The summed E-state index contributed by atoms with van der Waals surface area (Å²) in [5.74, 6) is -0.0247. The van der Waals surface area contributed by atoms with Crippen LogP contribution in [0.25, 0.3) is 0 Å². The Morgan fingerprint density at radius 2 is 2.16 bits per heavy atom. The van der Waals surface area contributed by atoms with Crippen molar-refractivity contribution in [3.8, 4) is 0 Å². The minimum atomic E-state index is -3.29. The molecule has 106 valence electrons. The normalized spacial score (nSPS) is 21.5. The smallest absolute Gasteiger partial charge is 0.218 e. The molecule has 1 saturated heterocycles. The molecular formula is C13H19ClN2O2S. The summed E-state index contributed by atoms with van der Waals surface area (Å²) < 4.78 is 26.4. The van der Waals surface area contributed by atoms with Crippen molar-refractivity contribution >= 4 is 21.6 Å². The van der Waals surface area contributed by atoms with E-state index in [-0.39, 0.29) is 11.8 Å². The maximum Gasteiger partial charge on any atom is 0.218 e.